The number of benzene rings is 2. The van der Waals surface area contributed by atoms with Crippen LogP contribution in [0.3, 0.4) is 0 Å². The average Bonchev–Trinajstić information content (AvgIpc) is 2.52. The molecule has 3 rings (SSSR count). The molecule has 0 aromatic heterocycles. The first-order valence-electron chi connectivity index (χ1n) is 7.25. The molecule has 0 saturated carbocycles. The van der Waals surface area contributed by atoms with Gasteiger partial charge in [0.25, 0.3) is 0 Å². The summed E-state index contributed by atoms with van der Waals surface area (Å²) in [6.45, 7) is 0. The number of rotatable bonds is 5. The largest absolute Gasteiger partial charge is 0.497 e. The van der Waals surface area contributed by atoms with Crippen LogP contribution >= 0.6 is 0 Å². The molecule has 1 aliphatic carbocycles. The Balaban J connectivity index is 1.95. The summed E-state index contributed by atoms with van der Waals surface area (Å²) >= 11 is 0. The topological polar surface area (TPSA) is 30.5 Å². The minimum Gasteiger partial charge on any atom is -0.497 e. The maximum Gasteiger partial charge on any atom is 0.127 e. The van der Waals surface area contributed by atoms with Gasteiger partial charge in [0.15, 0.2) is 0 Å². The Morgan fingerprint density at radius 1 is 1.10 bits per heavy atom. The lowest BCUT2D eigenvalue weighted by molar-refractivity contribution is 0.372. The van der Waals surface area contributed by atoms with Gasteiger partial charge in [-0.25, -0.2) is 0 Å². The number of methoxy groups -OCH3 is 2. The second kappa shape index (κ2) is 5.78. The van der Waals surface area contributed by atoms with Crippen LogP contribution in [0, 0.1) is 0 Å². The molecule has 2 aromatic rings. The van der Waals surface area contributed by atoms with Gasteiger partial charge in [0.05, 0.1) is 14.2 Å². The Kier molecular flexibility index (Phi) is 3.84. The molecule has 0 aliphatic heterocycles. The van der Waals surface area contributed by atoms with Gasteiger partial charge in [0, 0.05) is 23.6 Å². The van der Waals surface area contributed by atoms with E-state index >= 15 is 0 Å². The third-order valence-electron chi connectivity index (χ3n) is 4.38. The highest BCUT2D eigenvalue weighted by Crippen LogP contribution is 2.45. The number of ether oxygens (including phenoxy) is 2. The van der Waals surface area contributed by atoms with Crippen LogP contribution in [0.5, 0.6) is 11.5 Å². The zero-order valence-corrected chi connectivity index (χ0v) is 12.7. The van der Waals surface area contributed by atoms with Crippen LogP contribution in [0.1, 0.15) is 28.7 Å². The summed E-state index contributed by atoms with van der Waals surface area (Å²) in [5.41, 5.74) is 4.07. The maximum absolute atomic E-state index is 5.56. The van der Waals surface area contributed by atoms with Gasteiger partial charge in [-0.05, 0) is 30.7 Å². The van der Waals surface area contributed by atoms with Crippen molar-refractivity contribution >= 4 is 0 Å². The van der Waals surface area contributed by atoms with Crippen molar-refractivity contribution < 1.29 is 9.47 Å². The van der Waals surface area contributed by atoms with E-state index in [-0.39, 0.29) is 6.04 Å². The van der Waals surface area contributed by atoms with Gasteiger partial charge >= 0.3 is 0 Å². The lowest BCUT2D eigenvalue weighted by Gasteiger charge is -2.37. The normalized spacial score (nSPS) is 17.6. The summed E-state index contributed by atoms with van der Waals surface area (Å²) < 4.78 is 10.8. The molecule has 0 fully saturated rings. The van der Waals surface area contributed by atoms with E-state index in [1.807, 2.05) is 19.2 Å². The van der Waals surface area contributed by atoms with E-state index < -0.39 is 0 Å². The minimum absolute atomic E-state index is 0.251. The van der Waals surface area contributed by atoms with Crippen LogP contribution in [0.4, 0.5) is 0 Å². The standard InChI is InChI=1S/C18H21NO2/c1-19-18(16-10-12-6-4-5-7-14(12)16)15-9-8-13(20-2)11-17(15)21-3/h4-9,11,16,18-19H,10H2,1-3H3. The van der Waals surface area contributed by atoms with Crippen molar-refractivity contribution in [3.8, 4) is 11.5 Å². The first kappa shape index (κ1) is 14.0. The summed E-state index contributed by atoms with van der Waals surface area (Å²) in [5.74, 6) is 2.19. The predicted octanol–water partition coefficient (Wildman–Crippen LogP) is 3.30. The maximum atomic E-state index is 5.56. The number of hydrogen-bond acceptors (Lipinski definition) is 3. The summed E-state index contributed by atoms with van der Waals surface area (Å²) in [6.07, 6.45) is 1.11. The van der Waals surface area contributed by atoms with E-state index in [1.54, 1.807) is 14.2 Å². The molecule has 2 atom stereocenters. The van der Waals surface area contributed by atoms with Gasteiger partial charge < -0.3 is 14.8 Å². The molecule has 0 amide bonds. The minimum atomic E-state index is 0.251. The molecule has 0 spiro atoms. The quantitative estimate of drug-likeness (QED) is 0.913. The highest BCUT2D eigenvalue weighted by molar-refractivity contribution is 5.48. The van der Waals surface area contributed by atoms with Crippen LogP contribution in [-0.2, 0) is 6.42 Å². The first-order valence-corrected chi connectivity index (χ1v) is 7.25. The van der Waals surface area contributed by atoms with Gasteiger partial charge in [0.2, 0.25) is 0 Å². The van der Waals surface area contributed by atoms with E-state index in [0.29, 0.717) is 5.92 Å². The van der Waals surface area contributed by atoms with Crippen molar-refractivity contribution in [2.75, 3.05) is 21.3 Å². The molecular weight excluding hydrogens is 262 g/mol. The molecule has 2 aromatic carbocycles. The van der Waals surface area contributed by atoms with E-state index in [9.17, 15) is 0 Å². The van der Waals surface area contributed by atoms with E-state index in [2.05, 4.69) is 35.6 Å². The molecule has 0 radical (unpaired) electrons. The van der Waals surface area contributed by atoms with Crippen LogP contribution in [-0.4, -0.2) is 21.3 Å². The second-order valence-corrected chi connectivity index (χ2v) is 5.38. The van der Waals surface area contributed by atoms with Crippen molar-refractivity contribution in [1.82, 2.24) is 5.32 Å². The molecule has 21 heavy (non-hydrogen) atoms. The van der Waals surface area contributed by atoms with Crippen LogP contribution < -0.4 is 14.8 Å². The van der Waals surface area contributed by atoms with Crippen LogP contribution in [0.2, 0.25) is 0 Å². The zero-order valence-electron chi connectivity index (χ0n) is 12.7. The molecule has 3 heteroatoms. The van der Waals surface area contributed by atoms with Gasteiger partial charge in [0.1, 0.15) is 11.5 Å². The molecule has 0 bridgehead atoms. The molecular formula is C18H21NO2. The Bertz CT molecular complexity index is 639. The van der Waals surface area contributed by atoms with Gasteiger partial charge in [-0.3, -0.25) is 0 Å². The molecule has 0 saturated heterocycles. The number of nitrogens with one attached hydrogen (secondary N) is 1. The highest BCUT2D eigenvalue weighted by atomic mass is 16.5. The zero-order chi connectivity index (χ0) is 14.8. The number of fused-ring (bicyclic) bond motifs is 1. The van der Waals surface area contributed by atoms with Gasteiger partial charge in [-0.15, -0.1) is 0 Å². The fraction of sp³-hybridized carbons (Fsp3) is 0.333. The fourth-order valence-corrected chi connectivity index (χ4v) is 3.24. The summed E-state index contributed by atoms with van der Waals surface area (Å²) in [7, 11) is 5.39. The Labute approximate surface area is 125 Å². The number of hydrogen-bond donors (Lipinski definition) is 1. The molecule has 2 unspecified atom stereocenters. The Morgan fingerprint density at radius 2 is 1.90 bits per heavy atom. The van der Waals surface area contributed by atoms with Gasteiger partial charge in [-0.2, -0.15) is 0 Å². The third-order valence-corrected chi connectivity index (χ3v) is 4.38. The van der Waals surface area contributed by atoms with Gasteiger partial charge in [-0.1, -0.05) is 30.3 Å². The lowest BCUT2D eigenvalue weighted by Crippen LogP contribution is -2.31. The molecule has 3 nitrogen and oxygen atoms in total. The number of likely N-dealkylation sites (N-methyl/N-ethyl adjacent to an activating group) is 1. The van der Waals surface area contributed by atoms with E-state index in [1.165, 1.54) is 16.7 Å². The summed E-state index contributed by atoms with van der Waals surface area (Å²) in [4.78, 5) is 0. The second-order valence-electron chi connectivity index (χ2n) is 5.38. The van der Waals surface area contributed by atoms with Crippen LogP contribution in [0.25, 0.3) is 0 Å². The van der Waals surface area contributed by atoms with Crippen LogP contribution in [0.15, 0.2) is 42.5 Å². The molecule has 1 aliphatic rings. The monoisotopic (exact) mass is 283 g/mol. The first-order chi connectivity index (χ1) is 10.3. The Hall–Kier alpha value is -2.00. The lowest BCUT2D eigenvalue weighted by atomic mass is 9.71. The summed E-state index contributed by atoms with van der Waals surface area (Å²) in [6, 6.07) is 14.9. The SMILES string of the molecule is CNC(c1ccc(OC)cc1OC)C1Cc2ccccc21. The molecule has 0 heterocycles. The third kappa shape index (κ3) is 2.38. The fourth-order valence-electron chi connectivity index (χ4n) is 3.24. The average molecular weight is 283 g/mol. The van der Waals surface area contributed by atoms with Crippen molar-refractivity contribution in [3.63, 3.8) is 0 Å². The molecule has 1 N–H and O–H groups in total. The van der Waals surface area contributed by atoms with Crippen molar-refractivity contribution in [3.05, 3.63) is 59.2 Å². The van der Waals surface area contributed by atoms with E-state index in [4.69, 9.17) is 9.47 Å². The smallest absolute Gasteiger partial charge is 0.127 e. The van der Waals surface area contributed by atoms with E-state index in [0.717, 1.165) is 17.9 Å². The highest BCUT2D eigenvalue weighted by Gasteiger charge is 2.34. The molecule has 110 valence electrons. The van der Waals surface area contributed by atoms with Crippen molar-refractivity contribution in [2.24, 2.45) is 0 Å². The van der Waals surface area contributed by atoms with Crippen molar-refractivity contribution in [2.45, 2.75) is 18.4 Å². The van der Waals surface area contributed by atoms with Crippen molar-refractivity contribution in [1.29, 1.82) is 0 Å². The summed E-state index contributed by atoms with van der Waals surface area (Å²) in [5, 5.41) is 3.45. The Morgan fingerprint density at radius 3 is 2.57 bits per heavy atom. The predicted molar refractivity (Wildman–Crippen MR) is 84.2 cm³/mol.